The predicted octanol–water partition coefficient (Wildman–Crippen LogP) is 3.62. The minimum Gasteiger partial charge on any atom is -0.497 e. The van der Waals surface area contributed by atoms with Gasteiger partial charge in [0, 0.05) is 37.8 Å². The number of para-hydroxylation sites is 1. The third-order valence-corrected chi connectivity index (χ3v) is 5.38. The van der Waals surface area contributed by atoms with E-state index in [4.69, 9.17) is 9.47 Å². The Bertz CT molecular complexity index is 785. The van der Waals surface area contributed by atoms with Crippen LogP contribution in [0.4, 0.5) is 10.5 Å². The van der Waals surface area contributed by atoms with Crippen LogP contribution >= 0.6 is 0 Å². The molecule has 2 aromatic rings. The quantitative estimate of drug-likeness (QED) is 0.798. The molecule has 0 atom stereocenters. The van der Waals surface area contributed by atoms with Crippen molar-refractivity contribution < 1.29 is 19.4 Å². The SMILES string of the molecule is COc1ccc(-c2ccccc2NC(=O)N(C)CC2(CO)CCOCC2)cc1. The summed E-state index contributed by atoms with van der Waals surface area (Å²) in [4.78, 5) is 14.5. The number of carbonyl (C=O) groups excluding carboxylic acids is 1. The molecule has 2 N–H and O–H groups in total. The van der Waals surface area contributed by atoms with Gasteiger partial charge in [-0.15, -0.1) is 0 Å². The lowest BCUT2D eigenvalue weighted by atomic mass is 9.80. The molecule has 0 aliphatic carbocycles. The van der Waals surface area contributed by atoms with Crippen molar-refractivity contribution in [2.24, 2.45) is 5.41 Å². The summed E-state index contributed by atoms with van der Waals surface area (Å²) in [5.74, 6) is 0.788. The number of nitrogens with zero attached hydrogens (tertiary/aromatic N) is 1. The Hall–Kier alpha value is -2.57. The Morgan fingerprint density at radius 2 is 1.86 bits per heavy atom. The zero-order chi connectivity index (χ0) is 20.0. The molecule has 1 saturated heterocycles. The monoisotopic (exact) mass is 384 g/mol. The fourth-order valence-electron chi connectivity index (χ4n) is 3.57. The van der Waals surface area contributed by atoms with Crippen molar-refractivity contribution >= 4 is 11.7 Å². The fraction of sp³-hybridized carbons (Fsp3) is 0.409. The maximum atomic E-state index is 12.8. The van der Waals surface area contributed by atoms with Crippen molar-refractivity contribution in [2.75, 3.05) is 45.8 Å². The maximum Gasteiger partial charge on any atom is 0.321 e. The van der Waals surface area contributed by atoms with E-state index in [9.17, 15) is 9.90 Å². The van der Waals surface area contributed by atoms with Crippen LogP contribution in [0.2, 0.25) is 0 Å². The number of anilines is 1. The van der Waals surface area contributed by atoms with Crippen LogP contribution in [0.5, 0.6) is 5.75 Å². The highest BCUT2D eigenvalue weighted by molar-refractivity contribution is 5.94. The number of aliphatic hydroxyl groups is 1. The summed E-state index contributed by atoms with van der Waals surface area (Å²) < 4.78 is 10.6. The van der Waals surface area contributed by atoms with E-state index in [2.05, 4.69) is 5.32 Å². The molecule has 0 radical (unpaired) electrons. The number of amides is 2. The number of urea groups is 1. The summed E-state index contributed by atoms with van der Waals surface area (Å²) >= 11 is 0. The normalized spacial score (nSPS) is 15.7. The molecule has 6 heteroatoms. The molecule has 0 bridgehead atoms. The number of nitrogens with one attached hydrogen (secondary N) is 1. The average Bonchev–Trinajstić information content (AvgIpc) is 2.75. The van der Waals surface area contributed by atoms with E-state index >= 15 is 0 Å². The van der Waals surface area contributed by atoms with E-state index in [0.717, 1.165) is 35.4 Å². The first kappa shape index (κ1) is 20.2. The third-order valence-electron chi connectivity index (χ3n) is 5.38. The first-order chi connectivity index (χ1) is 13.6. The molecule has 0 saturated carbocycles. The van der Waals surface area contributed by atoms with Crippen molar-refractivity contribution in [3.8, 4) is 16.9 Å². The molecule has 3 rings (SSSR count). The molecule has 0 unspecified atom stereocenters. The first-order valence-electron chi connectivity index (χ1n) is 9.51. The van der Waals surface area contributed by atoms with Crippen LogP contribution < -0.4 is 10.1 Å². The van der Waals surface area contributed by atoms with Crippen LogP contribution in [0.15, 0.2) is 48.5 Å². The van der Waals surface area contributed by atoms with Crippen LogP contribution in [-0.2, 0) is 4.74 Å². The van der Waals surface area contributed by atoms with Gasteiger partial charge in [0.1, 0.15) is 5.75 Å². The minimum absolute atomic E-state index is 0.0520. The van der Waals surface area contributed by atoms with Crippen molar-refractivity contribution in [2.45, 2.75) is 12.8 Å². The van der Waals surface area contributed by atoms with Crippen molar-refractivity contribution in [3.05, 3.63) is 48.5 Å². The smallest absolute Gasteiger partial charge is 0.321 e. The molecule has 2 amide bonds. The average molecular weight is 384 g/mol. The highest BCUT2D eigenvalue weighted by atomic mass is 16.5. The van der Waals surface area contributed by atoms with Gasteiger partial charge in [-0.05, 0) is 36.6 Å². The van der Waals surface area contributed by atoms with E-state index in [-0.39, 0.29) is 18.1 Å². The molecular weight excluding hydrogens is 356 g/mol. The van der Waals surface area contributed by atoms with Gasteiger partial charge in [0.2, 0.25) is 0 Å². The Labute approximate surface area is 166 Å². The molecule has 0 aromatic heterocycles. The number of benzene rings is 2. The molecule has 0 spiro atoms. The molecule has 1 aliphatic heterocycles. The van der Waals surface area contributed by atoms with Gasteiger partial charge in [0.25, 0.3) is 0 Å². The van der Waals surface area contributed by atoms with Crippen LogP contribution in [0.25, 0.3) is 11.1 Å². The lowest BCUT2D eigenvalue weighted by Crippen LogP contribution is -2.45. The zero-order valence-electron chi connectivity index (χ0n) is 16.5. The second kappa shape index (κ2) is 9.08. The lowest BCUT2D eigenvalue weighted by Gasteiger charge is -2.38. The number of rotatable bonds is 6. The van der Waals surface area contributed by atoms with E-state index in [0.29, 0.717) is 19.8 Å². The largest absolute Gasteiger partial charge is 0.497 e. The predicted molar refractivity (Wildman–Crippen MR) is 110 cm³/mol. The van der Waals surface area contributed by atoms with E-state index in [1.807, 2.05) is 48.5 Å². The van der Waals surface area contributed by atoms with Crippen LogP contribution in [0, 0.1) is 5.41 Å². The third kappa shape index (κ3) is 4.64. The second-order valence-electron chi connectivity index (χ2n) is 7.33. The van der Waals surface area contributed by atoms with Gasteiger partial charge in [-0.1, -0.05) is 30.3 Å². The van der Waals surface area contributed by atoms with Gasteiger partial charge in [-0.2, -0.15) is 0 Å². The number of methoxy groups -OCH3 is 1. The zero-order valence-corrected chi connectivity index (χ0v) is 16.5. The number of aliphatic hydroxyl groups excluding tert-OH is 1. The summed E-state index contributed by atoms with van der Waals surface area (Å²) in [6, 6.07) is 15.3. The van der Waals surface area contributed by atoms with Gasteiger partial charge in [-0.25, -0.2) is 4.79 Å². The summed E-state index contributed by atoms with van der Waals surface area (Å²) in [5, 5.41) is 12.9. The van der Waals surface area contributed by atoms with Crippen molar-refractivity contribution in [3.63, 3.8) is 0 Å². The van der Waals surface area contributed by atoms with E-state index < -0.39 is 0 Å². The summed E-state index contributed by atoms with van der Waals surface area (Å²) in [6.07, 6.45) is 1.51. The maximum absolute atomic E-state index is 12.8. The highest BCUT2D eigenvalue weighted by Crippen LogP contribution is 2.32. The lowest BCUT2D eigenvalue weighted by molar-refractivity contribution is -0.0255. The van der Waals surface area contributed by atoms with Gasteiger partial charge < -0.3 is 24.8 Å². The number of hydrogen-bond donors (Lipinski definition) is 2. The highest BCUT2D eigenvalue weighted by Gasteiger charge is 2.34. The van der Waals surface area contributed by atoms with Gasteiger partial charge >= 0.3 is 6.03 Å². The van der Waals surface area contributed by atoms with Crippen molar-refractivity contribution in [1.29, 1.82) is 0 Å². The molecule has 28 heavy (non-hydrogen) atoms. The molecule has 1 heterocycles. The fourth-order valence-corrected chi connectivity index (χ4v) is 3.57. The first-order valence-corrected chi connectivity index (χ1v) is 9.51. The second-order valence-corrected chi connectivity index (χ2v) is 7.33. The molecule has 2 aromatic carbocycles. The number of ether oxygens (including phenoxy) is 2. The standard InChI is InChI=1S/C22H28N2O4/c1-24(15-22(16-25)11-13-28-14-12-22)21(26)23-20-6-4-3-5-19(20)17-7-9-18(27-2)10-8-17/h3-10,25H,11-16H2,1-2H3,(H,23,26). The Morgan fingerprint density at radius 3 is 2.50 bits per heavy atom. The molecule has 1 fully saturated rings. The van der Waals surface area contributed by atoms with Gasteiger partial charge in [0.15, 0.2) is 0 Å². The summed E-state index contributed by atoms with van der Waals surface area (Å²) in [7, 11) is 3.40. The summed E-state index contributed by atoms with van der Waals surface area (Å²) in [6.45, 7) is 1.78. The van der Waals surface area contributed by atoms with E-state index in [1.165, 1.54) is 0 Å². The molecule has 150 valence electrons. The Kier molecular flexibility index (Phi) is 6.54. The van der Waals surface area contributed by atoms with E-state index in [1.54, 1.807) is 19.1 Å². The van der Waals surface area contributed by atoms with Crippen LogP contribution in [0.1, 0.15) is 12.8 Å². The molecule has 6 nitrogen and oxygen atoms in total. The number of carbonyl (C=O) groups is 1. The molecule has 1 aliphatic rings. The Balaban J connectivity index is 1.73. The van der Waals surface area contributed by atoms with Crippen molar-refractivity contribution in [1.82, 2.24) is 4.90 Å². The van der Waals surface area contributed by atoms with Crippen LogP contribution in [0.3, 0.4) is 0 Å². The number of hydrogen-bond acceptors (Lipinski definition) is 4. The molecular formula is C22H28N2O4. The summed E-state index contributed by atoms with van der Waals surface area (Å²) in [5.41, 5.74) is 2.39. The van der Waals surface area contributed by atoms with Crippen LogP contribution in [-0.4, -0.2) is 56.6 Å². The minimum atomic E-state index is -0.292. The Morgan fingerprint density at radius 1 is 1.18 bits per heavy atom. The van der Waals surface area contributed by atoms with Gasteiger partial charge in [0.05, 0.1) is 19.4 Å². The van der Waals surface area contributed by atoms with Gasteiger partial charge in [-0.3, -0.25) is 0 Å². The topological polar surface area (TPSA) is 71.0 Å².